The van der Waals surface area contributed by atoms with Crippen LogP contribution in [0.15, 0.2) is 78.9 Å². The van der Waals surface area contributed by atoms with E-state index in [1.54, 1.807) is 12.1 Å². The highest BCUT2D eigenvalue weighted by Crippen LogP contribution is 2.22. The monoisotopic (exact) mass is 581 g/mol. The van der Waals surface area contributed by atoms with Gasteiger partial charge < -0.3 is 10.2 Å². The van der Waals surface area contributed by atoms with Crippen LogP contribution in [0.5, 0.6) is 0 Å². The van der Waals surface area contributed by atoms with Crippen molar-refractivity contribution in [3.8, 4) is 0 Å². The van der Waals surface area contributed by atoms with Crippen LogP contribution in [0.2, 0.25) is 0 Å². The summed E-state index contributed by atoms with van der Waals surface area (Å²) in [5.74, 6) is -1.72. The smallest absolute Gasteiger partial charge is 0.244 e. The molecule has 0 aromatic heterocycles. The van der Waals surface area contributed by atoms with E-state index >= 15 is 0 Å². The molecule has 0 aliphatic rings. The van der Waals surface area contributed by atoms with Crippen LogP contribution in [-0.2, 0) is 32.6 Å². The molecule has 1 N–H and O–H groups in total. The molecule has 41 heavy (non-hydrogen) atoms. The van der Waals surface area contributed by atoms with Gasteiger partial charge in [-0.3, -0.25) is 18.7 Å². The van der Waals surface area contributed by atoms with E-state index in [1.807, 2.05) is 44.2 Å². The molecule has 0 spiro atoms. The molecule has 3 aromatic rings. The number of rotatable bonds is 13. The fourth-order valence-corrected chi connectivity index (χ4v) is 5.12. The van der Waals surface area contributed by atoms with Crippen molar-refractivity contribution in [1.29, 1.82) is 0 Å². The van der Waals surface area contributed by atoms with Crippen LogP contribution in [0, 0.1) is 5.82 Å². The number of carbonyl (C=O) groups excluding carboxylic acids is 3. The van der Waals surface area contributed by atoms with Gasteiger partial charge in [0.2, 0.25) is 21.8 Å². The first kappa shape index (κ1) is 31.5. The van der Waals surface area contributed by atoms with Gasteiger partial charge in [0.15, 0.2) is 5.78 Å². The first-order valence-corrected chi connectivity index (χ1v) is 15.2. The van der Waals surface area contributed by atoms with E-state index in [4.69, 9.17) is 0 Å². The lowest BCUT2D eigenvalue weighted by atomic mass is 10.0. The summed E-state index contributed by atoms with van der Waals surface area (Å²) in [4.78, 5) is 41.0. The van der Waals surface area contributed by atoms with Crippen LogP contribution < -0.4 is 9.62 Å². The molecule has 218 valence electrons. The van der Waals surface area contributed by atoms with Gasteiger partial charge in [0.25, 0.3) is 0 Å². The van der Waals surface area contributed by atoms with Crippen LogP contribution >= 0.6 is 0 Å². The average molecular weight is 582 g/mol. The molecule has 8 nitrogen and oxygen atoms in total. The Hall–Kier alpha value is -4.05. The number of anilines is 1. The molecular formula is C31H36FN3O5S. The molecule has 2 atom stereocenters. The quantitative estimate of drug-likeness (QED) is 0.303. The SMILES string of the molecule is CC[C@H](C)NC(=O)[C@@H](Cc1ccccc1)N(Cc1ccc(F)cc1)C(=O)CN(c1cccc(C(C)=O)c1)S(C)(=O)=O. The van der Waals surface area contributed by atoms with E-state index in [2.05, 4.69) is 5.32 Å². The van der Waals surface area contributed by atoms with Gasteiger partial charge in [-0.2, -0.15) is 0 Å². The summed E-state index contributed by atoms with van der Waals surface area (Å²) in [5, 5.41) is 2.95. The lowest BCUT2D eigenvalue weighted by Gasteiger charge is -2.34. The predicted octanol–water partition coefficient (Wildman–Crippen LogP) is 4.35. The summed E-state index contributed by atoms with van der Waals surface area (Å²) < 4.78 is 40.4. The maximum absolute atomic E-state index is 14.1. The largest absolute Gasteiger partial charge is 0.352 e. The van der Waals surface area contributed by atoms with Gasteiger partial charge in [0.1, 0.15) is 18.4 Å². The summed E-state index contributed by atoms with van der Waals surface area (Å²) >= 11 is 0. The van der Waals surface area contributed by atoms with Crippen LogP contribution in [0.1, 0.15) is 48.7 Å². The lowest BCUT2D eigenvalue weighted by molar-refractivity contribution is -0.140. The van der Waals surface area contributed by atoms with Crippen molar-refractivity contribution < 1.29 is 27.2 Å². The molecule has 0 unspecified atom stereocenters. The summed E-state index contributed by atoms with van der Waals surface area (Å²) in [6.45, 7) is 4.48. The summed E-state index contributed by atoms with van der Waals surface area (Å²) in [6, 6.07) is 19.6. The van der Waals surface area contributed by atoms with Gasteiger partial charge >= 0.3 is 0 Å². The maximum Gasteiger partial charge on any atom is 0.244 e. The molecule has 0 radical (unpaired) electrons. The number of amides is 2. The molecule has 0 aliphatic heterocycles. The van der Waals surface area contributed by atoms with Gasteiger partial charge in [0.05, 0.1) is 11.9 Å². The zero-order valence-corrected chi connectivity index (χ0v) is 24.5. The van der Waals surface area contributed by atoms with E-state index in [0.717, 1.165) is 16.1 Å². The van der Waals surface area contributed by atoms with Crippen molar-refractivity contribution in [3.05, 3.63) is 101 Å². The minimum Gasteiger partial charge on any atom is -0.352 e. The third kappa shape index (κ3) is 8.97. The zero-order valence-electron chi connectivity index (χ0n) is 23.7. The highest BCUT2D eigenvalue weighted by Gasteiger charge is 2.33. The summed E-state index contributed by atoms with van der Waals surface area (Å²) in [6.07, 6.45) is 1.82. The van der Waals surface area contributed by atoms with Crippen LogP contribution in [-0.4, -0.2) is 55.8 Å². The second-order valence-electron chi connectivity index (χ2n) is 10.0. The van der Waals surface area contributed by atoms with E-state index in [9.17, 15) is 27.2 Å². The Balaban J connectivity index is 2.07. The van der Waals surface area contributed by atoms with Crippen LogP contribution in [0.25, 0.3) is 0 Å². The number of carbonyl (C=O) groups is 3. The second kappa shape index (κ2) is 14.0. The van der Waals surface area contributed by atoms with Crippen LogP contribution in [0.3, 0.4) is 0 Å². The van der Waals surface area contributed by atoms with Gasteiger partial charge in [-0.25, -0.2) is 12.8 Å². The number of hydrogen-bond donors (Lipinski definition) is 1. The Bertz CT molecular complexity index is 1460. The average Bonchev–Trinajstić information content (AvgIpc) is 2.94. The number of nitrogens with zero attached hydrogens (tertiary/aromatic N) is 2. The molecule has 3 aromatic carbocycles. The van der Waals surface area contributed by atoms with E-state index in [1.165, 1.54) is 48.2 Å². The molecule has 2 amide bonds. The van der Waals surface area contributed by atoms with E-state index in [0.29, 0.717) is 17.5 Å². The fraction of sp³-hybridized carbons (Fsp3) is 0.323. The third-order valence-electron chi connectivity index (χ3n) is 6.76. The minimum absolute atomic E-state index is 0.0599. The maximum atomic E-state index is 14.1. The Morgan fingerprint density at radius 2 is 1.59 bits per heavy atom. The lowest BCUT2D eigenvalue weighted by Crippen LogP contribution is -2.54. The van der Waals surface area contributed by atoms with Crippen molar-refractivity contribution in [2.75, 3.05) is 17.1 Å². The fourth-order valence-electron chi connectivity index (χ4n) is 4.28. The standard InChI is InChI=1S/C31H36FN3O5S/c1-5-22(2)33-31(38)29(18-24-10-7-6-8-11-24)34(20-25-14-16-27(32)17-15-25)30(37)21-35(41(4,39)40)28-13-9-12-26(19-28)23(3)36/h6-17,19,22,29H,5,18,20-21H2,1-4H3,(H,33,38)/t22-,29+/m0/s1. The molecule has 0 bridgehead atoms. The van der Waals surface area contributed by atoms with Crippen LogP contribution in [0.4, 0.5) is 10.1 Å². The number of halogens is 1. The normalized spacial score (nSPS) is 12.7. The number of Topliss-reactive ketones (excluding diaryl/α,β-unsaturated/α-hetero) is 1. The molecule has 0 heterocycles. The Morgan fingerprint density at radius 1 is 0.927 bits per heavy atom. The number of nitrogens with one attached hydrogen (secondary N) is 1. The molecule has 0 fully saturated rings. The number of ketones is 1. The molecule has 0 aliphatic carbocycles. The molecule has 0 saturated carbocycles. The van der Waals surface area contributed by atoms with Crippen molar-refractivity contribution >= 4 is 33.3 Å². The third-order valence-corrected chi connectivity index (χ3v) is 7.90. The van der Waals surface area contributed by atoms with Gasteiger partial charge in [-0.1, -0.05) is 61.5 Å². The zero-order chi connectivity index (χ0) is 30.2. The Kier molecular flexibility index (Phi) is 10.8. The molecule has 3 rings (SSSR count). The molecule has 0 saturated heterocycles. The number of benzene rings is 3. The van der Waals surface area contributed by atoms with Crippen molar-refractivity contribution in [3.63, 3.8) is 0 Å². The van der Waals surface area contributed by atoms with Crippen molar-refractivity contribution in [1.82, 2.24) is 10.2 Å². The first-order chi connectivity index (χ1) is 19.4. The van der Waals surface area contributed by atoms with E-state index in [-0.39, 0.29) is 36.4 Å². The number of sulfonamides is 1. The Morgan fingerprint density at radius 3 is 2.17 bits per heavy atom. The number of hydrogen-bond acceptors (Lipinski definition) is 5. The van der Waals surface area contributed by atoms with Gasteiger partial charge in [-0.05, 0) is 55.7 Å². The molecule has 10 heteroatoms. The highest BCUT2D eigenvalue weighted by molar-refractivity contribution is 7.92. The minimum atomic E-state index is -3.97. The molecular weight excluding hydrogens is 545 g/mol. The summed E-state index contributed by atoms with van der Waals surface area (Å²) in [7, 11) is -3.97. The summed E-state index contributed by atoms with van der Waals surface area (Å²) in [5.41, 5.74) is 1.82. The van der Waals surface area contributed by atoms with Gasteiger partial charge in [0, 0.05) is 24.6 Å². The van der Waals surface area contributed by atoms with Gasteiger partial charge in [-0.15, -0.1) is 0 Å². The predicted molar refractivity (Wildman–Crippen MR) is 157 cm³/mol. The van der Waals surface area contributed by atoms with Crippen molar-refractivity contribution in [2.45, 2.75) is 52.2 Å². The topological polar surface area (TPSA) is 104 Å². The van der Waals surface area contributed by atoms with Crippen molar-refractivity contribution in [2.24, 2.45) is 0 Å². The second-order valence-corrected chi connectivity index (χ2v) is 12.0. The Labute approximate surface area is 241 Å². The highest BCUT2D eigenvalue weighted by atomic mass is 32.2. The first-order valence-electron chi connectivity index (χ1n) is 13.4. The van der Waals surface area contributed by atoms with E-state index < -0.39 is 34.3 Å².